The van der Waals surface area contributed by atoms with Crippen molar-refractivity contribution >= 4 is 52.1 Å². The maximum absolute atomic E-state index is 12.3. The van der Waals surface area contributed by atoms with Crippen LogP contribution in [0.2, 0.25) is 10.0 Å². The maximum atomic E-state index is 12.3. The second-order valence-electron chi connectivity index (χ2n) is 6.84. The Morgan fingerprint density at radius 1 is 0.844 bits per heavy atom. The highest BCUT2D eigenvalue weighted by Gasteiger charge is 2.13. The van der Waals surface area contributed by atoms with Gasteiger partial charge in [-0.3, -0.25) is 4.79 Å². The van der Waals surface area contributed by atoms with Gasteiger partial charge in [-0.25, -0.2) is 10.2 Å². The molecule has 0 aliphatic heterocycles. The van der Waals surface area contributed by atoms with Gasteiger partial charge in [0, 0.05) is 10.6 Å². The molecule has 4 aromatic rings. The van der Waals surface area contributed by atoms with Crippen LogP contribution >= 0.6 is 23.2 Å². The zero-order valence-electron chi connectivity index (χ0n) is 16.6. The van der Waals surface area contributed by atoms with Crippen LogP contribution in [0, 0.1) is 0 Å². The van der Waals surface area contributed by atoms with Crippen molar-refractivity contribution in [2.75, 3.05) is 0 Å². The van der Waals surface area contributed by atoms with Crippen molar-refractivity contribution in [3.05, 3.63) is 112 Å². The molecule has 32 heavy (non-hydrogen) atoms. The maximum Gasteiger partial charge on any atom is 0.345 e. The number of nitrogens with one attached hydrogen (secondary N) is 1. The minimum absolute atomic E-state index is 0.216. The molecule has 1 N–H and O–H groups in total. The molecule has 0 heterocycles. The van der Waals surface area contributed by atoms with Crippen molar-refractivity contribution in [1.29, 1.82) is 0 Å². The zero-order valence-corrected chi connectivity index (χ0v) is 18.1. The third-order valence-corrected chi connectivity index (χ3v) is 5.18. The van der Waals surface area contributed by atoms with Gasteiger partial charge in [0.15, 0.2) is 0 Å². The summed E-state index contributed by atoms with van der Waals surface area (Å²) in [5.41, 5.74) is 3.96. The average molecular weight is 463 g/mol. The second-order valence-corrected chi connectivity index (χ2v) is 7.69. The molecule has 0 aromatic heterocycles. The molecule has 0 aliphatic rings. The first kappa shape index (κ1) is 21.6. The number of hydrazone groups is 1. The number of benzene rings is 4. The fraction of sp³-hybridized carbons (Fsp3) is 0. The lowest BCUT2D eigenvalue weighted by Gasteiger charge is -2.06. The number of hydrogen-bond acceptors (Lipinski definition) is 4. The summed E-state index contributed by atoms with van der Waals surface area (Å²) in [4.78, 5) is 24.6. The van der Waals surface area contributed by atoms with Gasteiger partial charge in [0.2, 0.25) is 0 Å². The first-order valence-electron chi connectivity index (χ1n) is 9.59. The Labute approximate surface area is 194 Å². The zero-order chi connectivity index (χ0) is 22.5. The predicted octanol–water partition coefficient (Wildman–Crippen LogP) is 6.13. The minimum Gasteiger partial charge on any atom is -0.423 e. The molecule has 1 amide bonds. The third kappa shape index (κ3) is 5.14. The van der Waals surface area contributed by atoms with Crippen molar-refractivity contribution in [1.82, 2.24) is 5.43 Å². The summed E-state index contributed by atoms with van der Waals surface area (Å²) in [5.74, 6) is -0.550. The fourth-order valence-electron chi connectivity index (χ4n) is 3.00. The molecule has 0 bridgehead atoms. The first-order valence-corrected chi connectivity index (χ1v) is 10.3. The molecule has 0 atom stereocenters. The summed E-state index contributed by atoms with van der Waals surface area (Å²) in [6, 6.07) is 24.5. The topological polar surface area (TPSA) is 67.8 Å². The van der Waals surface area contributed by atoms with Crippen molar-refractivity contribution in [2.24, 2.45) is 5.10 Å². The number of rotatable bonds is 5. The van der Waals surface area contributed by atoms with E-state index < -0.39 is 5.97 Å². The van der Waals surface area contributed by atoms with Crippen LogP contribution < -0.4 is 10.2 Å². The summed E-state index contributed by atoms with van der Waals surface area (Å²) < 4.78 is 5.33. The number of fused-ring (bicyclic) bond motifs is 1. The molecule has 4 rings (SSSR count). The number of carbonyl (C=O) groups is 2. The Hall–Kier alpha value is -3.67. The molecule has 158 valence electrons. The summed E-state index contributed by atoms with van der Waals surface area (Å²) in [6.07, 6.45) is 1.50. The molecule has 7 heteroatoms. The summed E-state index contributed by atoms with van der Waals surface area (Å²) in [7, 11) is 0. The molecule has 0 radical (unpaired) electrons. The molecule has 0 unspecified atom stereocenters. The van der Waals surface area contributed by atoms with Crippen LogP contribution in [0.5, 0.6) is 5.75 Å². The van der Waals surface area contributed by atoms with Gasteiger partial charge in [0.25, 0.3) is 5.91 Å². The van der Waals surface area contributed by atoms with E-state index in [1.165, 1.54) is 18.3 Å². The number of hydrogen-bond donors (Lipinski definition) is 1. The van der Waals surface area contributed by atoms with Crippen molar-refractivity contribution in [3.63, 3.8) is 0 Å². The van der Waals surface area contributed by atoms with Crippen LogP contribution in [0.3, 0.4) is 0 Å². The van der Waals surface area contributed by atoms with Gasteiger partial charge in [-0.2, -0.15) is 5.10 Å². The third-order valence-electron chi connectivity index (χ3n) is 4.63. The van der Waals surface area contributed by atoms with E-state index in [1.807, 2.05) is 36.4 Å². The van der Waals surface area contributed by atoms with E-state index in [9.17, 15) is 9.59 Å². The number of amides is 1. The number of halogens is 2. The van der Waals surface area contributed by atoms with E-state index in [4.69, 9.17) is 27.9 Å². The van der Waals surface area contributed by atoms with E-state index in [0.29, 0.717) is 21.9 Å². The minimum atomic E-state index is -0.587. The monoisotopic (exact) mass is 462 g/mol. The van der Waals surface area contributed by atoms with Crippen LogP contribution in [0.1, 0.15) is 26.3 Å². The summed E-state index contributed by atoms with van der Waals surface area (Å²) in [5, 5.41) is 6.69. The molecule has 4 aromatic carbocycles. The van der Waals surface area contributed by atoms with Gasteiger partial charge < -0.3 is 4.74 Å². The smallest absolute Gasteiger partial charge is 0.345 e. The lowest BCUT2D eigenvalue weighted by Crippen LogP contribution is -2.17. The average Bonchev–Trinajstić information content (AvgIpc) is 2.79. The largest absolute Gasteiger partial charge is 0.423 e. The second kappa shape index (κ2) is 9.64. The Balaban J connectivity index is 1.36. The van der Waals surface area contributed by atoms with Crippen molar-refractivity contribution in [2.45, 2.75) is 0 Å². The highest BCUT2D eigenvalue weighted by Crippen LogP contribution is 2.23. The molecule has 0 saturated carbocycles. The van der Waals surface area contributed by atoms with Crippen LogP contribution in [0.25, 0.3) is 10.8 Å². The Morgan fingerprint density at radius 3 is 2.34 bits per heavy atom. The molecule has 0 fully saturated rings. The van der Waals surface area contributed by atoms with Gasteiger partial charge in [0.1, 0.15) is 5.75 Å². The van der Waals surface area contributed by atoms with Crippen LogP contribution in [-0.4, -0.2) is 18.1 Å². The predicted molar refractivity (Wildman–Crippen MR) is 127 cm³/mol. The number of carbonyl (C=O) groups excluding carboxylic acids is 2. The molecular weight excluding hydrogens is 447 g/mol. The molecule has 0 spiro atoms. The van der Waals surface area contributed by atoms with E-state index in [0.717, 1.165) is 10.8 Å². The Kier molecular flexibility index (Phi) is 6.50. The molecule has 5 nitrogen and oxygen atoms in total. The standard InChI is InChI=1S/C25H16Cl2N2O3/c26-20-9-12-22(23(27)14-20)25(31)32-21-10-5-16(6-11-21)15-28-29-24(30)19-8-7-17-3-1-2-4-18(17)13-19/h1-15H,(H,29,30)/b28-15-. The van der Waals surface area contributed by atoms with E-state index in [2.05, 4.69) is 10.5 Å². The van der Waals surface area contributed by atoms with Gasteiger partial charge >= 0.3 is 5.97 Å². The molecular formula is C25H16Cl2N2O3. The Bertz CT molecular complexity index is 1330. The normalized spacial score (nSPS) is 10.9. The van der Waals surface area contributed by atoms with Gasteiger partial charge in [-0.1, -0.05) is 53.5 Å². The highest BCUT2D eigenvalue weighted by molar-refractivity contribution is 6.36. The van der Waals surface area contributed by atoms with Crippen molar-refractivity contribution < 1.29 is 14.3 Å². The fourth-order valence-corrected chi connectivity index (χ4v) is 3.49. The number of ether oxygens (including phenoxy) is 1. The number of esters is 1. The number of nitrogens with zero attached hydrogens (tertiary/aromatic N) is 1. The van der Waals surface area contributed by atoms with Gasteiger partial charge in [-0.05, 0) is 70.9 Å². The van der Waals surface area contributed by atoms with Gasteiger partial charge in [0.05, 0.1) is 16.8 Å². The summed E-state index contributed by atoms with van der Waals surface area (Å²) >= 11 is 11.9. The summed E-state index contributed by atoms with van der Waals surface area (Å²) in [6.45, 7) is 0. The lowest BCUT2D eigenvalue weighted by atomic mass is 10.1. The molecule has 0 saturated heterocycles. The molecule has 0 aliphatic carbocycles. The van der Waals surface area contributed by atoms with E-state index in [-0.39, 0.29) is 16.5 Å². The highest BCUT2D eigenvalue weighted by atomic mass is 35.5. The lowest BCUT2D eigenvalue weighted by molar-refractivity contribution is 0.0734. The van der Waals surface area contributed by atoms with Crippen molar-refractivity contribution in [3.8, 4) is 5.75 Å². The van der Waals surface area contributed by atoms with E-state index >= 15 is 0 Å². The first-order chi connectivity index (χ1) is 15.5. The van der Waals surface area contributed by atoms with E-state index in [1.54, 1.807) is 36.4 Å². The Morgan fingerprint density at radius 2 is 1.59 bits per heavy atom. The quantitative estimate of drug-likeness (QED) is 0.168. The van der Waals surface area contributed by atoms with Crippen LogP contribution in [0.4, 0.5) is 0 Å². The van der Waals surface area contributed by atoms with Crippen LogP contribution in [0.15, 0.2) is 90.0 Å². The SMILES string of the molecule is O=C(N/N=C\c1ccc(OC(=O)c2ccc(Cl)cc2Cl)cc1)c1ccc2ccccc2c1. The van der Waals surface area contributed by atoms with Crippen LogP contribution in [-0.2, 0) is 0 Å². The van der Waals surface area contributed by atoms with Gasteiger partial charge in [-0.15, -0.1) is 0 Å².